The van der Waals surface area contributed by atoms with Crippen LogP contribution in [0.2, 0.25) is 0 Å². The molecule has 4 heteroatoms. The van der Waals surface area contributed by atoms with Crippen LogP contribution in [0.3, 0.4) is 0 Å². The predicted octanol–water partition coefficient (Wildman–Crippen LogP) is -0.883. The van der Waals surface area contributed by atoms with Crippen molar-refractivity contribution < 1.29 is 24.1 Å². The van der Waals surface area contributed by atoms with E-state index in [2.05, 4.69) is 0 Å². The van der Waals surface area contributed by atoms with E-state index in [0.29, 0.717) is 22.5 Å². The van der Waals surface area contributed by atoms with E-state index in [1.807, 2.05) is 0 Å². The summed E-state index contributed by atoms with van der Waals surface area (Å²) in [4.78, 5) is 0. The van der Waals surface area contributed by atoms with Gasteiger partial charge in [0.1, 0.15) is 0 Å². The Morgan fingerprint density at radius 2 is 1.25 bits per heavy atom. The summed E-state index contributed by atoms with van der Waals surface area (Å²) < 4.78 is 8.34. The molecule has 0 saturated heterocycles. The minimum atomic E-state index is 0. The van der Waals surface area contributed by atoms with Crippen molar-refractivity contribution in [3.8, 4) is 0 Å². The Hall–Kier alpha value is 2.16. The van der Waals surface area contributed by atoms with Gasteiger partial charge in [0, 0.05) is 46.9 Å². The van der Waals surface area contributed by atoms with Gasteiger partial charge in [-0.05, 0) is 0 Å². The van der Waals surface area contributed by atoms with Crippen molar-refractivity contribution in [3.63, 3.8) is 0 Å². The average molecular weight is 445 g/mol. The first-order valence-corrected chi connectivity index (χ1v) is 1.37. The van der Waals surface area contributed by atoms with Gasteiger partial charge in [0.2, 0.25) is 0 Å². The summed E-state index contributed by atoms with van der Waals surface area (Å²) in [5.74, 6) is 0. The molecule has 1 nitrogen and oxygen atoms in total. The second kappa shape index (κ2) is 19.2. The van der Waals surface area contributed by atoms with Crippen LogP contribution in [-0.4, -0.2) is 48.4 Å². The van der Waals surface area contributed by atoms with Gasteiger partial charge in [0.15, 0.2) is 0 Å². The van der Waals surface area contributed by atoms with Gasteiger partial charge in [-0.2, -0.15) is 0 Å². The maximum absolute atomic E-state index is 8.34. The molecule has 0 atom stereocenters. The fourth-order valence-electron chi connectivity index (χ4n) is 0. The van der Waals surface area contributed by atoms with Gasteiger partial charge in [-0.3, -0.25) is 0 Å². The summed E-state index contributed by atoms with van der Waals surface area (Å²) in [6.07, 6.45) is 0. The van der Waals surface area contributed by atoms with Gasteiger partial charge in [-0.15, -0.1) is 0 Å². The van der Waals surface area contributed by atoms with Gasteiger partial charge < -0.3 is 0 Å². The third kappa shape index (κ3) is 8.90. The van der Waals surface area contributed by atoms with Gasteiger partial charge in [0.25, 0.3) is 0 Å². The van der Waals surface area contributed by atoms with Crippen LogP contribution in [0.4, 0.5) is 0 Å². The Balaban J connectivity index is -0.00000000500. The molecule has 0 bridgehead atoms. The molecule has 0 saturated carbocycles. The molecule has 0 aromatic heterocycles. The molecule has 0 unspecified atom stereocenters. The standard InChI is InChI=1S/In.O.Pt.Sn. The Morgan fingerprint density at radius 1 is 1.25 bits per heavy atom. The van der Waals surface area contributed by atoms with Crippen molar-refractivity contribution in [1.82, 2.24) is 0 Å². The fourth-order valence-corrected chi connectivity index (χ4v) is 0. The first-order valence-electron chi connectivity index (χ1n) is 0.204. The van der Waals surface area contributed by atoms with E-state index < -0.39 is 0 Å². The minimum absolute atomic E-state index is 0. The third-order valence-corrected chi connectivity index (χ3v) is 0. The molecular weight excluding hydrogens is 445 g/mol. The zero-order valence-corrected chi connectivity index (χ0v) is 10.2. The minimum Gasteiger partial charge on any atom is 0 e. The van der Waals surface area contributed by atoms with Crippen molar-refractivity contribution in [3.05, 3.63) is 0 Å². The van der Waals surface area contributed by atoms with Crippen molar-refractivity contribution >= 4 is 48.4 Å². The molecule has 4 heavy (non-hydrogen) atoms. The summed E-state index contributed by atoms with van der Waals surface area (Å²) >= 11 is 0.300. The molecular formula is InOPtSn. The largest absolute Gasteiger partial charge is 0 e. The SMILES string of the molecule is [In].[O]=[Sn].[Pt]. The quantitative estimate of drug-likeness (QED) is 0.444. The zero-order chi connectivity index (χ0) is 2.00. The molecule has 0 aliphatic heterocycles. The second-order valence-corrected chi connectivity index (χ2v) is 0. The van der Waals surface area contributed by atoms with E-state index in [9.17, 15) is 0 Å². The van der Waals surface area contributed by atoms with E-state index in [1.165, 1.54) is 0 Å². The van der Waals surface area contributed by atoms with Crippen LogP contribution < -0.4 is 0 Å². The molecule has 0 spiro atoms. The third-order valence-electron chi connectivity index (χ3n) is 0. The fraction of sp³-hybridized carbons (Fsp3) is 0. The maximum Gasteiger partial charge on any atom is 0 e. The Kier molecular flexibility index (Phi) is 78.7. The van der Waals surface area contributed by atoms with Crippen molar-refractivity contribution in [2.75, 3.05) is 0 Å². The smallest absolute Gasteiger partial charge is 0 e. The molecule has 0 aromatic rings. The van der Waals surface area contributed by atoms with Crippen LogP contribution in [0, 0.1) is 0 Å². The molecule has 5 radical (unpaired) electrons. The molecule has 0 aliphatic carbocycles. The Morgan fingerprint density at radius 3 is 1.25 bits per heavy atom. The van der Waals surface area contributed by atoms with Crippen molar-refractivity contribution in [2.24, 2.45) is 0 Å². The van der Waals surface area contributed by atoms with Crippen LogP contribution in [-0.2, 0) is 24.1 Å². The normalized spacial score (nSPS) is 1.00. The van der Waals surface area contributed by atoms with Gasteiger partial charge >= 0.3 is 25.6 Å². The number of hydrogen-bond donors (Lipinski definition) is 0. The first kappa shape index (κ1) is 16.4. The van der Waals surface area contributed by atoms with Crippen LogP contribution >= 0.6 is 0 Å². The molecule has 0 aromatic carbocycles. The summed E-state index contributed by atoms with van der Waals surface area (Å²) in [6.45, 7) is 0. The van der Waals surface area contributed by atoms with E-state index >= 15 is 0 Å². The van der Waals surface area contributed by atoms with Gasteiger partial charge in [-0.25, -0.2) is 0 Å². The summed E-state index contributed by atoms with van der Waals surface area (Å²) in [5.41, 5.74) is 0. The van der Waals surface area contributed by atoms with Gasteiger partial charge in [0.05, 0.1) is 0 Å². The Labute approximate surface area is 71.4 Å². The van der Waals surface area contributed by atoms with Crippen LogP contribution in [0.15, 0.2) is 0 Å². The van der Waals surface area contributed by atoms with E-state index in [0.717, 1.165) is 0 Å². The molecule has 0 N–H and O–H groups in total. The molecule has 0 amide bonds. The van der Waals surface area contributed by atoms with Crippen molar-refractivity contribution in [1.29, 1.82) is 0 Å². The Bertz CT molecular complexity index is 8.00. The van der Waals surface area contributed by atoms with Crippen LogP contribution in [0.25, 0.3) is 0 Å². The second-order valence-electron chi connectivity index (χ2n) is 0. The summed E-state index contributed by atoms with van der Waals surface area (Å²) in [6, 6.07) is 0. The van der Waals surface area contributed by atoms with E-state index in [1.54, 1.807) is 0 Å². The number of hydrogen-bond acceptors (Lipinski definition) is 1. The van der Waals surface area contributed by atoms with Crippen LogP contribution in [0.5, 0.6) is 0 Å². The number of rotatable bonds is 0. The zero-order valence-electron chi connectivity index (χ0n) is 1.80. The first-order chi connectivity index (χ1) is 1.00. The monoisotopic (exact) mass is 446 g/mol. The molecule has 0 rings (SSSR count). The molecule has 0 fully saturated rings. The van der Waals surface area contributed by atoms with E-state index in [-0.39, 0.29) is 46.9 Å². The van der Waals surface area contributed by atoms with Gasteiger partial charge in [-0.1, -0.05) is 0 Å². The molecule has 23 valence electrons. The summed E-state index contributed by atoms with van der Waals surface area (Å²) in [7, 11) is 0. The molecule has 0 heterocycles. The topological polar surface area (TPSA) is 17.1 Å². The van der Waals surface area contributed by atoms with E-state index in [4.69, 9.17) is 3.08 Å². The maximum atomic E-state index is 8.34. The summed E-state index contributed by atoms with van der Waals surface area (Å²) in [5, 5.41) is 0. The van der Waals surface area contributed by atoms with Crippen LogP contribution in [0.1, 0.15) is 0 Å². The average Bonchev–Trinajstić information content (AvgIpc) is 1.00. The molecule has 0 aliphatic rings. The van der Waals surface area contributed by atoms with Crippen molar-refractivity contribution in [2.45, 2.75) is 0 Å². The predicted molar refractivity (Wildman–Crippen MR) is 12.2 cm³/mol.